The van der Waals surface area contributed by atoms with Crippen molar-refractivity contribution in [1.82, 2.24) is 15.5 Å². The fourth-order valence-electron chi connectivity index (χ4n) is 4.26. The monoisotopic (exact) mass is 442 g/mol. The molecule has 2 amide bonds. The summed E-state index contributed by atoms with van der Waals surface area (Å²) >= 11 is 12.5. The van der Waals surface area contributed by atoms with Gasteiger partial charge >= 0.3 is 6.03 Å². The Morgan fingerprint density at radius 3 is 2.55 bits per heavy atom. The third kappa shape index (κ3) is 6.14. The number of benzene rings is 1. The molecule has 0 aromatic heterocycles. The minimum atomic E-state index is -0.618. The first-order valence-electron chi connectivity index (χ1n) is 10.6. The lowest BCUT2D eigenvalue weighted by atomic mass is 9.80. The highest BCUT2D eigenvalue weighted by atomic mass is 35.5. The van der Waals surface area contributed by atoms with E-state index in [2.05, 4.69) is 20.4 Å². The highest BCUT2D eigenvalue weighted by molar-refractivity contribution is 6.43. The highest BCUT2D eigenvalue weighted by Gasteiger charge is 2.34. The van der Waals surface area contributed by atoms with Gasteiger partial charge in [0.2, 0.25) is 0 Å². The number of amides is 2. The summed E-state index contributed by atoms with van der Waals surface area (Å²) in [5, 5.41) is 17.9. The average Bonchev–Trinajstić information content (AvgIpc) is 2.71. The number of nitrogens with zero attached hydrogens (tertiary/aromatic N) is 2. The van der Waals surface area contributed by atoms with Crippen LogP contribution in [-0.4, -0.2) is 66.9 Å². The Hall–Kier alpha value is -1.21. The van der Waals surface area contributed by atoms with Crippen LogP contribution in [0.2, 0.25) is 10.0 Å². The average molecular weight is 443 g/mol. The van der Waals surface area contributed by atoms with Crippen LogP contribution in [0, 0.1) is 0 Å². The number of hydrogen-bond donors (Lipinski definition) is 3. The molecule has 1 aliphatic carbocycles. The Morgan fingerprint density at radius 1 is 1.21 bits per heavy atom. The van der Waals surface area contributed by atoms with Crippen LogP contribution < -0.4 is 15.5 Å². The van der Waals surface area contributed by atoms with E-state index in [4.69, 9.17) is 23.2 Å². The van der Waals surface area contributed by atoms with Crippen molar-refractivity contribution in [3.63, 3.8) is 0 Å². The van der Waals surface area contributed by atoms with Crippen LogP contribution in [-0.2, 0) is 0 Å². The molecule has 2 fully saturated rings. The fraction of sp³-hybridized carbons (Fsp3) is 0.667. The molecule has 6 nitrogen and oxygen atoms in total. The van der Waals surface area contributed by atoms with Gasteiger partial charge in [-0.2, -0.15) is 0 Å². The number of rotatable bonds is 6. The highest BCUT2D eigenvalue weighted by Crippen LogP contribution is 2.34. The molecule has 3 rings (SSSR count). The lowest BCUT2D eigenvalue weighted by Crippen LogP contribution is -2.50. The van der Waals surface area contributed by atoms with Crippen molar-refractivity contribution < 1.29 is 9.90 Å². The lowest BCUT2D eigenvalue weighted by molar-refractivity contribution is -0.0176. The molecule has 1 saturated heterocycles. The van der Waals surface area contributed by atoms with E-state index >= 15 is 0 Å². The SMILES string of the molecule is CCNC(=O)NC1CCC(O)(CCN2CCN(c3cccc(Cl)c3Cl)CC2)CC1. The summed E-state index contributed by atoms with van der Waals surface area (Å²) in [5.74, 6) is 0. The normalized spacial score (nSPS) is 25.7. The number of carbonyl (C=O) groups is 1. The Kier molecular flexibility index (Phi) is 7.91. The minimum absolute atomic E-state index is 0.111. The van der Waals surface area contributed by atoms with Crippen molar-refractivity contribution in [2.75, 3.05) is 44.2 Å². The summed E-state index contributed by atoms with van der Waals surface area (Å²) in [7, 11) is 0. The molecule has 2 aliphatic rings. The predicted octanol–water partition coefficient (Wildman–Crippen LogP) is 3.50. The number of halogens is 2. The molecule has 8 heteroatoms. The smallest absolute Gasteiger partial charge is 0.314 e. The summed E-state index contributed by atoms with van der Waals surface area (Å²) < 4.78 is 0. The number of hydrogen-bond acceptors (Lipinski definition) is 4. The third-order valence-electron chi connectivity index (χ3n) is 6.13. The molecule has 1 aromatic rings. The maximum atomic E-state index is 11.7. The van der Waals surface area contributed by atoms with E-state index in [1.807, 2.05) is 25.1 Å². The maximum absolute atomic E-state index is 11.7. The van der Waals surface area contributed by atoms with Crippen molar-refractivity contribution in [3.8, 4) is 0 Å². The van der Waals surface area contributed by atoms with Crippen molar-refractivity contribution in [1.29, 1.82) is 0 Å². The van der Waals surface area contributed by atoms with Gasteiger partial charge in [-0.25, -0.2) is 4.79 Å². The first-order chi connectivity index (χ1) is 13.9. The van der Waals surface area contributed by atoms with E-state index < -0.39 is 5.60 Å². The molecule has 3 N–H and O–H groups in total. The van der Waals surface area contributed by atoms with E-state index in [0.29, 0.717) is 16.6 Å². The van der Waals surface area contributed by atoms with E-state index in [1.54, 1.807) is 0 Å². The molecule has 1 heterocycles. The zero-order valence-electron chi connectivity index (χ0n) is 17.1. The first kappa shape index (κ1) is 22.5. The van der Waals surface area contributed by atoms with Crippen LogP contribution in [0.1, 0.15) is 39.0 Å². The molecular weight excluding hydrogens is 411 g/mol. The Labute approximate surface area is 183 Å². The van der Waals surface area contributed by atoms with E-state index in [0.717, 1.165) is 70.5 Å². The van der Waals surface area contributed by atoms with Gasteiger partial charge in [0.15, 0.2) is 0 Å². The Morgan fingerprint density at radius 2 is 1.90 bits per heavy atom. The number of carbonyl (C=O) groups excluding carboxylic acids is 1. The zero-order chi connectivity index (χ0) is 20.9. The molecule has 162 valence electrons. The van der Waals surface area contributed by atoms with Crippen LogP contribution in [0.4, 0.5) is 10.5 Å². The molecule has 1 aromatic carbocycles. The predicted molar refractivity (Wildman–Crippen MR) is 119 cm³/mol. The summed E-state index contributed by atoms with van der Waals surface area (Å²) in [6.07, 6.45) is 3.91. The second-order valence-electron chi connectivity index (χ2n) is 8.15. The summed E-state index contributed by atoms with van der Waals surface area (Å²) in [6.45, 7) is 7.11. The Balaban J connectivity index is 1.40. The standard InChI is InChI=1S/C21H32Cl2N4O2/c1-2-24-20(28)25-16-6-8-21(29,9-7-16)10-11-26-12-14-27(15-13-26)18-5-3-4-17(22)19(18)23/h3-5,16,29H,2,6-15H2,1H3,(H2,24,25,28). The number of aliphatic hydroxyl groups is 1. The van der Waals surface area contributed by atoms with E-state index in [-0.39, 0.29) is 12.1 Å². The lowest BCUT2D eigenvalue weighted by Gasteiger charge is -2.40. The second kappa shape index (κ2) is 10.2. The van der Waals surface area contributed by atoms with E-state index in [1.165, 1.54) is 0 Å². The molecule has 0 spiro atoms. The summed E-state index contributed by atoms with van der Waals surface area (Å²) in [4.78, 5) is 16.3. The van der Waals surface area contributed by atoms with Gasteiger partial charge in [-0.3, -0.25) is 4.90 Å². The van der Waals surface area contributed by atoms with Gasteiger partial charge in [-0.05, 0) is 51.2 Å². The van der Waals surface area contributed by atoms with Crippen LogP contribution in [0.3, 0.4) is 0 Å². The van der Waals surface area contributed by atoms with Crippen molar-refractivity contribution in [3.05, 3.63) is 28.2 Å². The van der Waals surface area contributed by atoms with Crippen molar-refractivity contribution >= 4 is 34.9 Å². The zero-order valence-corrected chi connectivity index (χ0v) is 18.6. The van der Waals surface area contributed by atoms with Crippen LogP contribution >= 0.6 is 23.2 Å². The largest absolute Gasteiger partial charge is 0.390 e. The molecular formula is C21H32Cl2N4O2. The molecule has 0 bridgehead atoms. The first-order valence-corrected chi connectivity index (χ1v) is 11.3. The van der Waals surface area contributed by atoms with Crippen LogP contribution in [0.5, 0.6) is 0 Å². The Bertz CT molecular complexity index is 687. The number of anilines is 1. The third-order valence-corrected chi connectivity index (χ3v) is 6.94. The molecule has 1 saturated carbocycles. The number of nitrogens with one attached hydrogen (secondary N) is 2. The van der Waals surface area contributed by atoms with E-state index in [9.17, 15) is 9.90 Å². The van der Waals surface area contributed by atoms with Gasteiger partial charge in [0.1, 0.15) is 0 Å². The van der Waals surface area contributed by atoms with Gasteiger partial charge in [-0.1, -0.05) is 29.3 Å². The number of piperazine rings is 1. The van der Waals surface area contributed by atoms with Gasteiger partial charge in [0.05, 0.1) is 21.3 Å². The van der Waals surface area contributed by atoms with Crippen molar-refractivity contribution in [2.24, 2.45) is 0 Å². The van der Waals surface area contributed by atoms with Crippen LogP contribution in [0.15, 0.2) is 18.2 Å². The number of urea groups is 1. The summed E-state index contributed by atoms with van der Waals surface area (Å²) in [6, 6.07) is 5.81. The fourth-order valence-corrected chi connectivity index (χ4v) is 4.68. The molecule has 0 unspecified atom stereocenters. The summed E-state index contributed by atoms with van der Waals surface area (Å²) in [5.41, 5.74) is 0.377. The molecule has 0 atom stereocenters. The van der Waals surface area contributed by atoms with Gasteiger partial charge in [0.25, 0.3) is 0 Å². The molecule has 29 heavy (non-hydrogen) atoms. The van der Waals surface area contributed by atoms with Gasteiger partial charge in [-0.15, -0.1) is 0 Å². The maximum Gasteiger partial charge on any atom is 0.314 e. The van der Waals surface area contributed by atoms with Gasteiger partial charge < -0.3 is 20.6 Å². The van der Waals surface area contributed by atoms with Crippen LogP contribution in [0.25, 0.3) is 0 Å². The molecule has 0 radical (unpaired) electrons. The quantitative estimate of drug-likeness (QED) is 0.630. The minimum Gasteiger partial charge on any atom is -0.390 e. The molecule has 1 aliphatic heterocycles. The second-order valence-corrected chi connectivity index (χ2v) is 8.94. The topological polar surface area (TPSA) is 67.8 Å². The van der Waals surface area contributed by atoms with Crippen molar-refractivity contribution in [2.45, 2.75) is 50.7 Å². The van der Waals surface area contributed by atoms with Gasteiger partial charge in [0, 0.05) is 45.3 Å².